The van der Waals surface area contributed by atoms with Crippen LogP contribution in [0.2, 0.25) is 0 Å². The molecule has 0 aromatic carbocycles. The first-order chi connectivity index (χ1) is 13.1. The van der Waals surface area contributed by atoms with Crippen LogP contribution < -0.4 is 10.9 Å². The molecule has 0 unspecified atom stereocenters. The van der Waals surface area contributed by atoms with E-state index in [1.54, 1.807) is 5.32 Å². The average Bonchev–Trinajstić information content (AvgIpc) is 2.92. The van der Waals surface area contributed by atoms with Crippen LogP contribution in [0.1, 0.15) is 18.2 Å². The van der Waals surface area contributed by atoms with Gasteiger partial charge in [-0.3, -0.25) is 19.1 Å². The molecule has 9 nitrogen and oxygen atoms in total. The summed E-state index contributed by atoms with van der Waals surface area (Å²) in [6.07, 6.45) is -7.71. The van der Waals surface area contributed by atoms with E-state index in [4.69, 9.17) is 21.7 Å². The number of aryl methyl sites for hydroxylation is 1. The second-order valence-electron chi connectivity index (χ2n) is 6.16. The van der Waals surface area contributed by atoms with Crippen molar-refractivity contribution < 1.29 is 37.7 Å². The maximum absolute atomic E-state index is 12.1. The highest BCUT2D eigenvalue weighted by atomic mass is 32.1. The zero-order valence-electron chi connectivity index (χ0n) is 14.7. The molecule has 1 saturated heterocycles. The first-order valence-electron chi connectivity index (χ1n) is 8.29. The molecule has 1 aliphatic rings. The van der Waals surface area contributed by atoms with Crippen LogP contribution in [0, 0.1) is 11.7 Å². The zero-order valence-corrected chi connectivity index (χ0v) is 15.5. The lowest BCUT2D eigenvalue weighted by atomic mass is 10.1. The van der Waals surface area contributed by atoms with Crippen LogP contribution in [0.5, 0.6) is 0 Å². The lowest BCUT2D eigenvalue weighted by Gasteiger charge is -2.23. The molecule has 0 spiro atoms. The van der Waals surface area contributed by atoms with Gasteiger partial charge in [0.05, 0.1) is 6.61 Å². The second-order valence-corrected chi connectivity index (χ2v) is 6.55. The molecular formula is C15H20F3N3O6S. The fraction of sp³-hybridized carbons (Fsp3) is 0.667. The zero-order chi connectivity index (χ0) is 21.1. The van der Waals surface area contributed by atoms with E-state index in [1.165, 1.54) is 17.7 Å². The molecule has 2 rings (SSSR count). The maximum atomic E-state index is 12.1. The lowest BCUT2D eigenvalue weighted by molar-refractivity contribution is -0.173. The number of hydrogen-bond acceptors (Lipinski definition) is 7. The molecule has 4 N–H and O–H groups in total. The van der Waals surface area contributed by atoms with Crippen molar-refractivity contribution in [3.8, 4) is 0 Å². The van der Waals surface area contributed by atoms with Crippen molar-refractivity contribution in [1.29, 1.82) is 0 Å². The van der Waals surface area contributed by atoms with Gasteiger partial charge >= 0.3 is 12.1 Å². The Kier molecular flexibility index (Phi) is 7.33. The number of H-pyrrole nitrogens is 1. The third kappa shape index (κ3) is 5.17. The summed E-state index contributed by atoms with van der Waals surface area (Å²) >= 11 is 5.09. The summed E-state index contributed by atoms with van der Waals surface area (Å²) in [5.74, 6) is -2.05. The Morgan fingerprint density at radius 1 is 1.50 bits per heavy atom. The van der Waals surface area contributed by atoms with Gasteiger partial charge in [0.15, 0.2) is 11.0 Å². The molecule has 0 bridgehead atoms. The first kappa shape index (κ1) is 22.5. The van der Waals surface area contributed by atoms with E-state index in [1.807, 2.05) is 0 Å². The van der Waals surface area contributed by atoms with Gasteiger partial charge < -0.3 is 25.0 Å². The summed E-state index contributed by atoms with van der Waals surface area (Å²) in [6, 6.07) is 0. The van der Waals surface area contributed by atoms with Crippen LogP contribution in [0.3, 0.4) is 0 Å². The highest BCUT2D eigenvalue weighted by Gasteiger charge is 2.45. The summed E-state index contributed by atoms with van der Waals surface area (Å²) in [7, 11) is 0. The third-order valence-corrected chi connectivity index (χ3v) is 4.40. The molecule has 1 fully saturated rings. The van der Waals surface area contributed by atoms with Gasteiger partial charge in [-0.25, -0.2) is 0 Å². The van der Waals surface area contributed by atoms with E-state index in [0.717, 1.165) is 0 Å². The van der Waals surface area contributed by atoms with Crippen LogP contribution in [0.25, 0.3) is 0 Å². The predicted molar refractivity (Wildman–Crippen MR) is 91.0 cm³/mol. The van der Waals surface area contributed by atoms with Gasteiger partial charge in [0.1, 0.15) is 18.3 Å². The van der Waals surface area contributed by atoms with Gasteiger partial charge in [0.25, 0.3) is 5.56 Å². The number of ether oxygens (including phenoxy) is 2. The minimum absolute atomic E-state index is 0.0115. The Bertz CT molecular complexity index is 811. The summed E-state index contributed by atoms with van der Waals surface area (Å²) in [4.78, 5) is 24.8. The van der Waals surface area contributed by atoms with E-state index in [0.29, 0.717) is 5.56 Å². The monoisotopic (exact) mass is 427 g/mol. The van der Waals surface area contributed by atoms with Gasteiger partial charge in [0.2, 0.25) is 0 Å². The van der Waals surface area contributed by atoms with Crippen LogP contribution in [-0.2, 0) is 14.3 Å². The smallest absolute Gasteiger partial charge is 0.394 e. The standard InChI is InChI=1S/C15H20F3N3O6S/c1-7-5-21(14(28)20-11(7)24)12-10(9(23)8(6-22)27-12)26-4-2-3-19-13(25)15(16,17)18/h5,8-10,12,22-23H,2-4,6H2,1H3,(H,19,25)(H,20,24,28)/t8-,9-,10-,12-/m1/s1. The summed E-state index contributed by atoms with van der Waals surface area (Å²) in [6.45, 7) is 0.647. The normalized spacial score (nSPS) is 25.1. The molecule has 1 aliphatic heterocycles. The number of alkyl halides is 3. The fourth-order valence-electron chi connectivity index (χ4n) is 2.64. The molecule has 158 valence electrons. The van der Waals surface area contributed by atoms with E-state index in [2.05, 4.69) is 4.98 Å². The quantitative estimate of drug-likeness (QED) is 0.354. The van der Waals surface area contributed by atoms with Crippen molar-refractivity contribution >= 4 is 18.1 Å². The topological polar surface area (TPSA) is 126 Å². The van der Waals surface area contributed by atoms with E-state index in [9.17, 15) is 33.0 Å². The van der Waals surface area contributed by atoms with Crippen molar-refractivity contribution in [1.82, 2.24) is 14.9 Å². The number of rotatable bonds is 7. The molecule has 1 aromatic heterocycles. The highest BCUT2D eigenvalue weighted by molar-refractivity contribution is 7.71. The number of amides is 1. The van der Waals surface area contributed by atoms with Crippen molar-refractivity contribution in [2.75, 3.05) is 19.8 Å². The van der Waals surface area contributed by atoms with E-state index in [-0.39, 0.29) is 24.3 Å². The van der Waals surface area contributed by atoms with Gasteiger partial charge in [0, 0.05) is 24.9 Å². The fourth-order valence-corrected chi connectivity index (χ4v) is 2.89. The third-order valence-electron chi connectivity index (χ3n) is 4.09. The largest absolute Gasteiger partial charge is 0.471 e. The molecular weight excluding hydrogens is 407 g/mol. The summed E-state index contributed by atoms with van der Waals surface area (Å²) < 4.78 is 48.8. The number of aromatic amines is 1. The van der Waals surface area contributed by atoms with E-state index >= 15 is 0 Å². The predicted octanol–water partition coefficient (Wildman–Crippen LogP) is -0.0813. The first-order valence-corrected chi connectivity index (χ1v) is 8.70. The number of aromatic nitrogens is 2. The molecule has 13 heteroatoms. The highest BCUT2D eigenvalue weighted by Crippen LogP contribution is 2.31. The minimum atomic E-state index is -4.96. The molecule has 0 saturated carbocycles. The van der Waals surface area contributed by atoms with Gasteiger partial charge in [-0.1, -0.05) is 0 Å². The van der Waals surface area contributed by atoms with Gasteiger partial charge in [-0.05, 0) is 25.6 Å². The second kappa shape index (κ2) is 9.13. The number of halogens is 3. The molecule has 1 amide bonds. The number of nitrogens with one attached hydrogen (secondary N) is 2. The Labute approximate surface area is 162 Å². The Hall–Kier alpha value is -1.80. The number of nitrogens with zero attached hydrogens (tertiary/aromatic N) is 1. The molecule has 0 aliphatic carbocycles. The lowest BCUT2D eigenvalue weighted by Crippen LogP contribution is -2.38. The molecule has 0 radical (unpaired) electrons. The van der Waals surface area contributed by atoms with Gasteiger partial charge in [-0.15, -0.1) is 0 Å². The number of aliphatic hydroxyl groups excluding tert-OH is 2. The van der Waals surface area contributed by atoms with Crippen LogP contribution >= 0.6 is 12.2 Å². The molecule has 28 heavy (non-hydrogen) atoms. The van der Waals surface area contributed by atoms with Crippen LogP contribution in [0.15, 0.2) is 11.0 Å². The molecule has 4 atom stereocenters. The summed E-state index contributed by atoms with van der Waals surface area (Å²) in [5.41, 5.74) is -0.0656. The van der Waals surface area contributed by atoms with Crippen molar-refractivity contribution in [2.24, 2.45) is 0 Å². The number of hydrogen-bond donors (Lipinski definition) is 4. The maximum Gasteiger partial charge on any atom is 0.471 e. The Morgan fingerprint density at radius 3 is 2.79 bits per heavy atom. The van der Waals surface area contributed by atoms with Crippen molar-refractivity contribution in [3.63, 3.8) is 0 Å². The molecule has 2 heterocycles. The Morgan fingerprint density at radius 2 is 2.18 bits per heavy atom. The van der Waals surface area contributed by atoms with Crippen molar-refractivity contribution in [2.45, 2.75) is 44.1 Å². The van der Waals surface area contributed by atoms with Crippen LogP contribution in [0.4, 0.5) is 13.2 Å². The molecule has 1 aromatic rings. The number of carbonyl (C=O) groups excluding carboxylic acids is 1. The average molecular weight is 427 g/mol. The van der Waals surface area contributed by atoms with Crippen molar-refractivity contribution in [3.05, 3.63) is 26.9 Å². The summed E-state index contributed by atoms with van der Waals surface area (Å²) in [5, 5.41) is 21.4. The Balaban J connectivity index is 2.04. The van der Waals surface area contributed by atoms with Gasteiger partial charge in [-0.2, -0.15) is 13.2 Å². The minimum Gasteiger partial charge on any atom is -0.394 e. The number of carbonyl (C=O) groups is 1. The van der Waals surface area contributed by atoms with E-state index < -0.39 is 48.8 Å². The SMILES string of the molecule is Cc1cn([C@@H]2O[C@H](CO)[C@@H](O)[C@H]2OCCCNC(=O)C(F)(F)F)c(=S)[nH]c1=O. The number of aliphatic hydroxyl groups is 2. The van der Waals surface area contributed by atoms with Crippen LogP contribution in [-0.4, -0.2) is 69.9 Å².